The van der Waals surface area contributed by atoms with Crippen LogP contribution in [0.15, 0.2) is 18.2 Å². The van der Waals surface area contributed by atoms with E-state index in [0.29, 0.717) is 10.6 Å². The highest BCUT2D eigenvalue weighted by atomic mass is 35.5. The highest BCUT2D eigenvalue weighted by Gasteiger charge is 2.12. The maximum Gasteiger partial charge on any atom is 0.251 e. The molecule has 1 N–H and O–H groups in total. The molecule has 1 amide bonds. The standard InChI is InChI=1S/C13H16ClNO2/c1-8(2)12(16)7-15-13(17)11-6-10(14)5-4-9(11)3/h4-6,8H,7H2,1-3H3,(H,15,17). The van der Waals surface area contributed by atoms with Gasteiger partial charge >= 0.3 is 0 Å². The van der Waals surface area contributed by atoms with Gasteiger partial charge in [-0.1, -0.05) is 31.5 Å². The Kier molecular flexibility index (Phi) is 4.70. The second-order valence-electron chi connectivity index (χ2n) is 4.26. The average Bonchev–Trinajstić information content (AvgIpc) is 2.28. The van der Waals surface area contributed by atoms with E-state index in [0.717, 1.165) is 5.56 Å². The van der Waals surface area contributed by atoms with Gasteiger partial charge in [0.1, 0.15) is 0 Å². The van der Waals surface area contributed by atoms with Crippen molar-refractivity contribution in [1.82, 2.24) is 5.32 Å². The zero-order valence-corrected chi connectivity index (χ0v) is 11.0. The summed E-state index contributed by atoms with van der Waals surface area (Å²) in [6.07, 6.45) is 0. The summed E-state index contributed by atoms with van der Waals surface area (Å²) < 4.78 is 0. The topological polar surface area (TPSA) is 46.2 Å². The Morgan fingerprint density at radius 1 is 1.35 bits per heavy atom. The maximum absolute atomic E-state index is 11.8. The molecule has 0 unspecified atom stereocenters. The second kappa shape index (κ2) is 5.82. The number of carbonyl (C=O) groups excluding carboxylic acids is 2. The maximum atomic E-state index is 11.8. The Hall–Kier alpha value is -1.35. The van der Waals surface area contributed by atoms with Crippen molar-refractivity contribution in [2.75, 3.05) is 6.54 Å². The molecule has 0 fully saturated rings. The lowest BCUT2D eigenvalue weighted by Gasteiger charge is -2.08. The number of hydrogen-bond acceptors (Lipinski definition) is 2. The SMILES string of the molecule is Cc1ccc(Cl)cc1C(=O)NCC(=O)C(C)C. The van der Waals surface area contributed by atoms with Gasteiger partial charge in [0.2, 0.25) is 0 Å². The Labute approximate surface area is 106 Å². The zero-order chi connectivity index (χ0) is 13.0. The van der Waals surface area contributed by atoms with Gasteiger partial charge < -0.3 is 5.32 Å². The van der Waals surface area contributed by atoms with E-state index in [-0.39, 0.29) is 24.2 Å². The van der Waals surface area contributed by atoms with Crippen molar-refractivity contribution < 1.29 is 9.59 Å². The lowest BCUT2D eigenvalue weighted by atomic mass is 10.1. The van der Waals surface area contributed by atoms with Gasteiger partial charge in [-0.25, -0.2) is 0 Å². The zero-order valence-electron chi connectivity index (χ0n) is 10.2. The molecule has 0 atom stereocenters. The van der Waals surface area contributed by atoms with E-state index in [9.17, 15) is 9.59 Å². The summed E-state index contributed by atoms with van der Waals surface area (Å²) >= 11 is 5.83. The van der Waals surface area contributed by atoms with Crippen molar-refractivity contribution in [3.8, 4) is 0 Å². The number of rotatable bonds is 4. The van der Waals surface area contributed by atoms with E-state index in [4.69, 9.17) is 11.6 Å². The van der Waals surface area contributed by atoms with Gasteiger partial charge in [-0.2, -0.15) is 0 Å². The first-order chi connectivity index (χ1) is 7.91. The minimum atomic E-state index is -0.265. The van der Waals surface area contributed by atoms with Gasteiger partial charge in [-0.15, -0.1) is 0 Å². The molecule has 92 valence electrons. The third-order valence-electron chi connectivity index (χ3n) is 2.51. The quantitative estimate of drug-likeness (QED) is 0.897. The molecule has 1 aromatic carbocycles. The molecule has 0 heterocycles. The summed E-state index contributed by atoms with van der Waals surface area (Å²) in [7, 11) is 0. The van der Waals surface area contributed by atoms with Crippen LogP contribution in [0.2, 0.25) is 5.02 Å². The summed E-state index contributed by atoms with van der Waals surface area (Å²) in [5, 5.41) is 3.11. The lowest BCUT2D eigenvalue weighted by molar-refractivity contribution is -0.120. The van der Waals surface area contributed by atoms with E-state index in [2.05, 4.69) is 5.32 Å². The first-order valence-electron chi connectivity index (χ1n) is 5.49. The van der Waals surface area contributed by atoms with Crippen LogP contribution in [0.5, 0.6) is 0 Å². The third-order valence-corrected chi connectivity index (χ3v) is 2.75. The Bertz CT molecular complexity index is 441. The number of amides is 1. The normalized spacial score (nSPS) is 10.4. The average molecular weight is 254 g/mol. The van der Waals surface area contributed by atoms with Gasteiger partial charge in [0.15, 0.2) is 5.78 Å². The molecule has 1 rings (SSSR count). The molecule has 1 aromatic rings. The molecule has 0 saturated heterocycles. The Balaban J connectivity index is 2.70. The van der Waals surface area contributed by atoms with Crippen molar-refractivity contribution in [2.45, 2.75) is 20.8 Å². The van der Waals surface area contributed by atoms with Gasteiger partial charge in [0.05, 0.1) is 6.54 Å². The number of aryl methyl sites for hydroxylation is 1. The first kappa shape index (κ1) is 13.7. The highest BCUT2D eigenvalue weighted by molar-refractivity contribution is 6.31. The second-order valence-corrected chi connectivity index (χ2v) is 4.70. The van der Waals surface area contributed by atoms with Crippen LogP contribution >= 0.6 is 11.6 Å². The van der Waals surface area contributed by atoms with E-state index >= 15 is 0 Å². The van der Waals surface area contributed by atoms with Gasteiger partial charge in [-0.05, 0) is 24.6 Å². The van der Waals surface area contributed by atoms with Crippen LogP contribution in [-0.2, 0) is 4.79 Å². The van der Waals surface area contributed by atoms with Crippen LogP contribution in [0.3, 0.4) is 0 Å². The van der Waals surface area contributed by atoms with E-state index in [1.807, 2.05) is 6.92 Å². The molecule has 17 heavy (non-hydrogen) atoms. The van der Waals surface area contributed by atoms with Gasteiger partial charge in [-0.3, -0.25) is 9.59 Å². The van der Waals surface area contributed by atoms with Crippen molar-refractivity contribution in [1.29, 1.82) is 0 Å². The number of nitrogens with one attached hydrogen (secondary N) is 1. The number of Topliss-reactive ketones (excluding diaryl/α,β-unsaturated/α-hetero) is 1. The highest BCUT2D eigenvalue weighted by Crippen LogP contribution is 2.15. The lowest BCUT2D eigenvalue weighted by Crippen LogP contribution is -2.31. The van der Waals surface area contributed by atoms with Crippen LogP contribution in [-0.4, -0.2) is 18.2 Å². The van der Waals surface area contributed by atoms with Crippen LogP contribution in [0, 0.1) is 12.8 Å². The monoisotopic (exact) mass is 253 g/mol. The molecule has 0 bridgehead atoms. The largest absolute Gasteiger partial charge is 0.345 e. The summed E-state index contributed by atoms with van der Waals surface area (Å²) in [6.45, 7) is 5.50. The molecular weight excluding hydrogens is 238 g/mol. The summed E-state index contributed by atoms with van der Waals surface area (Å²) in [5.41, 5.74) is 1.35. The molecule has 0 aliphatic carbocycles. The fourth-order valence-electron chi connectivity index (χ4n) is 1.31. The predicted octanol–water partition coefficient (Wildman–Crippen LogP) is 2.60. The van der Waals surface area contributed by atoms with Crippen molar-refractivity contribution in [2.24, 2.45) is 5.92 Å². The fraction of sp³-hybridized carbons (Fsp3) is 0.385. The van der Waals surface area contributed by atoms with Crippen LogP contribution < -0.4 is 5.32 Å². The van der Waals surface area contributed by atoms with E-state index < -0.39 is 0 Å². The molecule has 3 nitrogen and oxygen atoms in total. The molecule has 0 aliphatic heterocycles. The molecule has 4 heteroatoms. The smallest absolute Gasteiger partial charge is 0.251 e. The number of benzene rings is 1. The molecule has 0 radical (unpaired) electrons. The fourth-order valence-corrected chi connectivity index (χ4v) is 1.48. The van der Waals surface area contributed by atoms with Crippen molar-refractivity contribution >= 4 is 23.3 Å². The van der Waals surface area contributed by atoms with Gasteiger partial charge in [0, 0.05) is 16.5 Å². The van der Waals surface area contributed by atoms with E-state index in [1.165, 1.54) is 0 Å². The van der Waals surface area contributed by atoms with Crippen LogP contribution in [0.25, 0.3) is 0 Å². The molecule has 0 aromatic heterocycles. The van der Waals surface area contributed by atoms with Gasteiger partial charge in [0.25, 0.3) is 5.91 Å². The summed E-state index contributed by atoms with van der Waals surface area (Å²) in [4.78, 5) is 23.2. The third kappa shape index (κ3) is 3.86. The Morgan fingerprint density at radius 3 is 2.59 bits per heavy atom. The van der Waals surface area contributed by atoms with E-state index in [1.54, 1.807) is 32.0 Å². The first-order valence-corrected chi connectivity index (χ1v) is 5.86. The van der Waals surface area contributed by atoms with Crippen molar-refractivity contribution in [3.63, 3.8) is 0 Å². The summed E-state index contributed by atoms with van der Waals surface area (Å²) in [6, 6.07) is 5.11. The Morgan fingerprint density at radius 2 is 2.00 bits per heavy atom. The number of halogens is 1. The number of ketones is 1. The molecular formula is C13H16ClNO2. The molecule has 0 saturated carbocycles. The predicted molar refractivity (Wildman–Crippen MR) is 68.4 cm³/mol. The number of carbonyl (C=O) groups is 2. The number of hydrogen-bond donors (Lipinski definition) is 1. The summed E-state index contributed by atoms with van der Waals surface area (Å²) in [5.74, 6) is -0.326. The minimum Gasteiger partial charge on any atom is -0.345 e. The molecule has 0 aliphatic rings. The van der Waals surface area contributed by atoms with Crippen LogP contribution in [0.1, 0.15) is 29.8 Å². The molecule has 0 spiro atoms. The van der Waals surface area contributed by atoms with Crippen LogP contribution in [0.4, 0.5) is 0 Å². The minimum absolute atomic E-state index is 0.0121. The van der Waals surface area contributed by atoms with Crippen molar-refractivity contribution in [3.05, 3.63) is 34.3 Å².